The molecule has 0 aliphatic carbocycles. The first kappa shape index (κ1) is 75.0. The van der Waals surface area contributed by atoms with E-state index < -0.39 is 12.3 Å². The van der Waals surface area contributed by atoms with E-state index in [1.165, 1.54) is 18.3 Å². The van der Waals surface area contributed by atoms with Crippen LogP contribution in [0.1, 0.15) is 83.7 Å². The molecule has 0 saturated carbocycles. The normalized spacial score (nSPS) is 14.3. The molecule has 10 heteroatoms. The van der Waals surface area contributed by atoms with Gasteiger partial charge in [-0.15, -0.1) is 26.7 Å². The van der Waals surface area contributed by atoms with Gasteiger partial charge in [-0.25, -0.2) is 9.13 Å². The van der Waals surface area contributed by atoms with Crippen molar-refractivity contribution in [3.05, 3.63) is 477 Å². The number of aryl methyl sites for hydroxylation is 7. The monoisotopic (exact) mass is 1580 g/mol. The molecular formula is C111H84F4N6+2. The van der Waals surface area contributed by atoms with E-state index in [4.69, 9.17) is 0 Å². The topological polar surface area (TPSA) is 22.4 Å². The summed E-state index contributed by atoms with van der Waals surface area (Å²) in [5.74, 6) is 0. The number of anilines is 6. The lowest BCUT2D eigenvalue weighted by molar-refractivity contribution is -0.673. The average molecular weight is 1580 g/mol. The van der Waals surface area contributed by atoms with Crippen LogP contribution in [0.3, 0.4) is 0 Å². The summed E-state index contributed by atoms with van der Waals surface area (Å²) in [5.41, 5.74) is 29.2. The SMILES string of the molecule is Cc1ccc(C2=CC(c3ccc(C)cc3)=[N+]3C2=C(c2cccc(N(c4ccccc4)c4ccc(-c5ccc(N(c6ccccc6)c6cccc(C7=C8C(c9ccccc9)=CC(c9ccc(C)cc9)=[N+]8C(F)(F)n8c(-c9ccc(C)cc9)cc(-c9ccc(C)cc9)c87)c6)cc5)cc4)c2)c2c(-c4ccc(C)cc4)cc(-c4ccc(C)cc4)n2C3(F)F)cc1. The Hall–Kier alpha value is -14.7. The number of para-hydroxylation sites is 2. The zero-order valence-corrected chi connectivity index (χ0v) is 68.1. The molecule has 4 aliphatic rings. The molecule has 14 aromatic carbocycles. The van der Waals surface area contributed by atoms with Crippen LogP contribution in [0.4, 0.5) is 51.7 Å². The standard InChI is InChI=1S/C111H84F4N6/c1-71-29-43-81(44-30-71)97-68-101(85-51-37-75(5)38-52-85)119-107(97)104(106-96(80-19-11-8-12-20-80)67-100(118(106)110(119,112)113)84-49-35-74(4)36-50-84)88-21-17-27-94(65-88)116(90-23-13-9-14-24-90)92-61-57-78(58-62-92)79-59-63-93(64-60-79)117(91-25-15-10-16-26-91)95-28-18-22-89(66-95)105-108-98(82-45-31-72(2)32-46-82)69-102(86-53-39-76(6)40-54-86)120(108)111(114,115)121-103(87-55-41-77(7)42-56-87)70-99(109(105)121)83-47-33-73(3)34-48-83/h8-70H,1-7H3/q+2. The van der Waals surface area contributed by atoms with Crippen LogP contribution in [0.15, 0.2) is 394 Å². The van der Waals surface area contributed by atoms with Crippen molar-refractivity contribution in [3.8, 4) is 55.9 Å². The van der Waals surface area contributed by atoms with E-state index in [9.17, 15) is 0 Å². The number of fused-ring (bicyclic) bond motifs is 4. The van der Waals surface area contributed by atoms with Crippen LogP contribution in [0.25, 0.3) is 78.2 Å². The molecule has 0 bridgehead atoms. The molecule has 0 saturated heterocycles. The van der Waals surface area contributed by atoms with Crippen LogP contribution in [0, 0.1) is 48.5 Å². The fourth-order valence-corrected chi connectivity index (χ4v) is 17.8. The second-order valence-electron chi connectivity index (χ2n) is 32.2. The number of alkyl halides is 4. The molecule has 4 aliphatic heterocycles. The summed E-state index contributed by atoms with van der Waals surface area (Å²) in [6, 6.07) is 124. The van der Waals surface area contributed by atoms with Crippen LogP contribution < -0.4 is 9.80 Å². The van der Waals surface area contributed by atoms with E-state index in [0.29, 0.717) is 101 Å². The Bertz CT molecular complexity index is 6950. The molecule has 6 heterocycles. The fraction of sp³-hybridized carbons (Fsp3) is 0.0811. The van der Waals surface area contributed by atoms with Crippen molar-refractivity contribution in [2.75, 3.05) is 9.80 Å². The highest BCUT2D eigenvalue weighted by Crippen LogP contribution is 2.57. The third kappa shape index (κ3) is 13.2. The third-order valence-electron chi connectivity index (χ3n) is 24.0. The molecular weight excluding hydrogens is 1490 g/mol. The Morgan fingerprint density at radius 1 is 0.231 bits per heavy atom. The molecule has 0 atom stereocenters. The van der Waals surface area contributed by atoms with Gasteiger partial charge in [-0.1, -0.05) is 300 Å². The van der Waals surface area contributed by atoms with Gasteiger partial charge in [-0.3, -0.25) is 0 Å². The zero-order chi connectivity index (χ0) is 82.5. The van der Waals surface area contributed by atoms with Crippen molar-refractivity contribution in [3.63, 3.8) is 0 Å². The Morgan fingerprint density at radius 3 is 0.818 bits per heavy atom. The van der Waals surface area contributed by atoms with E-state index in [2.05, 4.69) is 155 Å². The van der Waals surface area contributed by atoms with Gasteiger partial charge in [0.05, 0.1) is 45.1 Å². The van der Waals surface area contributed by atoms with Crippen LogP contribution >= 0.6 is 0 Å². The zero-order valence-electron chi connectivity index (χ0n) is 68.1. The van der Waals surface area contributed by atoms with Crippen molar-refractivity contribution in [2.24, 2.45) is 0 Å². The lowest BCUT2D eigenvalue weighted by atomic mass is 9.89. The highest BCUT2D eigenvalue weighted by atomic mass is 19.3. The van der Waals surface area contributed by atoms with Gasteiger partial charge in [0.25, 0.3) is 0 Å². The second kappa shape index (κ2) is 30.0. The van der Waals surface area contributed by atoms with Crippen LogP contribution in [-0.4, -0.2) is 29.7 Å². The van der Waals surface area contributed by atoms with Gasteiger partial charge in [0.15, 0.2) is 0 Å². The van der Waals surface area contributed by atoms with Crippen LogP contribution in [0.5, 0.6) is 0 Å². The van der Waals surface area contributed by atoms with Crippen molar-refractivity contribution < 1.29 is 26.7 Å². The molecule has 16 aromatic rings. The summed E-state index contributed by atoms with van der Waals surface area (Å²) < 4.78 is 82.6. The van der Waals surface area contributed by atoms with Gasteiger partial charge >= 0.3 is 12.3 Å². The van der Waals surface area contributed by atoms with Gasteiger partial charge in [0.1, 0.15) is 0 Å². The van der Waals surface area contributed by atoms with E-state index in [1.807, 2.05) is 285 Å². The maximum atomic E-state index is 19.4. The van der Waals surface area contributed by atoms with Gasteiger partial charge in [-0.2, -0.15) is 0 Å². The van der Waals surface area contributed by atoms with Gasteiger partial charge in [0.2, 0.25) is 22.8 Å². The molecule has 0 unspecified atom stereocenters. The smallest absolute Gasteiger partial charge is 0.310 e. The van der Waals surface area contributed by atoms with Crippen molar-refractivity contribution in [2.45, 2.75) is 60.8 Å². The predicted molar refractivity (Wildman–Crippen MR) is 488 cm³/mol. The average Bonchev–Trinajstić information content (AvgIpc) is 1.54. The molecule has 0 amide bonds. The molecule has 2 aromatic heterocycles. The van der Waals surface area contributed by atoms with Crippen molar-refractivity contribution in [1.29, 1.82) is 0 Å². The molecule has 0 N–H and O–H groups in total. The summed E-state index contributed by atoms with van der Waals surface area (Å²) in [7, 11) is 0. The first-order chi connectivity index (χ1) is 58.9. The molecule has 0 spiro atoms. The Balaban J connectivity index is 0.719. The predicted octanol–water partition coefficient (Wildman–Crippen LogP) is 28.5. The maximum absolute atomic E-state index is 19.4. The van der Waals surface area contributed by atoms with E-state index in [0.717, 1.165) is 118 Å². The lowest BCUT2D eigenvalue weighted by Crippen LogP contribution is -2.43. The molecule has 584 valence electrons. The molecule has 0 radical (unpaired) electrons. The van der Waals surface area contributed by atoms with E-state index in [1.54, 1.807) is 0 Å². The van der Waals surface area contributed by atoms with Gasteiger partial charge < -0.3 is 9.80 Å². The van der Waals surface area contributed by atoms with Crippen molar-refractivity contribution in [1.82, 2.24) is 9.13 Å². The number of hydrogen-bond donors (Lipinski definition) is 0. The minimum atomic E-state index is -3.64. The highest BCUT2D eigenvalue weighted by Gasteiger charge is 2.62. The quantitative estimate of drug-likeness (QED) is 0.0515. The number of nitrogens with zero attached hydrogens (tertiary/aromatic N) is 6. The number of hydrogen-bond acceptors (Lipinski definition) is 2. The maximum Gasteiger partial charge on any atom is 0.566 e. The summed E-state index contributed by atoms with van der Waals surface area (Å²) in [5, 5.41) is 0. The summed E-state index contributed by atoms with van der Waals surface area (Å²) in [6.45, 7) is 14.2. The fourth-order valence-electron chi connectivity index (χ4n) is 17.8. The highest BCUT2D eigenvalue weighted by molar-refractivity contribution is 6.18. The Labute approximate surface area is 703 Å². The van der Waals surface area contributed by atoms with Gasteiger partial charge in [0, 0.05) is 68.5 Å². The van der Waals surface area contributed by atoms with Crippen LogP contribution in [0.2, 0.25) is 0 Å². The largest absolute Gasteiger partial charge is 0.566 e. The summed E-state index contributed by atoms with van der Waals surface area (Å²) >= 11 is 0. The molecule has 6 nitrogen and oxygen atoms in total. The minimum Gasteiger partial charge on any atom is -0.310 e. The Morgan fingerprint density at radius 2 is 0.488 bits per heavy atom. The Kier molecular flexibility index (Phi) is 18.6. The second-order valence-corrected chi connectivity index (χ2v) is 32.2. The molecule has 0 fully saturated rings. The number of benzene rings is 14. The van der Waals surface area contributed by atoms with E-state index >= 15 is 17.6 Å². The lowest BCUT2D eigenvalue weighted by Gasteiger charge is -2.30. The molecule has 121 heavy (non-hydrogen) atoms. The first-order valence-corrected chi connectivity index (χ1v) is 41.1. The van der Waals surface area contributed by atoms with Crippen LogP contribution in [-0.2, 0) is 12.3 Å². The third-order valence-corrected chi connectivity index (χ3v) is 24.0. The number of rotatable bonds is 17. The summed E-state index contributed by atoms with van der Waals surface area (Å²) in [6.07, 6.45) is -3.36. The van der Waals surface area contributed by atoms with E-state index in [-0.39, 0.29) is 0 Å². The molecule has 20 rings (SSSR count). The van der Waals surface area contributed by atoms with Gasteiger partial charge in [-0.05, 0) is 213 Å². The number of allylic oxidation sites excluding steroid dienone is 4. The van der Waals surface area contributed by atoms with Crippen molar-refractivity contribution >= 4 is 67.8 Å². The summed E-state index contributed by atoms with van der Waals surface area (Å²) in [4.78, 5) is 4.47. The minimum absolute atomic E-state index is 0.390. The first-order valence-electron chi connectivity index (χ1n) is 41.1. The number of aromatic nitrogens is 2. The number of halogens is 4.